The zero-order chi connectivity index (χ0) is 9.70. The van der Waals surface area contributed by atoms with E-state index in [9.17, 15) is 0 Å². The van der Waals surface area contributed by atoms with Crippen LogP contribution < -0.4 is 5.32 Å². The molecule has 0 aliphatic rings. The third-order valence-electron chi connectivity index (χ3n) is 0.803. The number of hydrogen-bond acceptors (Lipinski definition) is 1. The normalized spacial score (nSPS) is 7.64. The molecule has 0 aromatic heterocycles. The van der Waals surface area contributed by atoms with Crippen LogP contribution in [-0.4, -0.2) is 13.1 Å². The van der Waals surface area contributed by atoms with Crippen molar-refractivity contribution in [2.24, 2.45) is 5.92 Å². The third kappa shape index (κ3) is 40.2. The summed E-state index contributed by atoms with van der Waals surface area (Å²) >= 11 is 0. The molecule has 0 saturated carbocycles. The second-order valence-corrected chi connectivity index (χ2v) is 2.20. The Morgan fingerprint density at radius 3 is 1.45 bits per heavy atom. The van der Waals surface area contributed by atoms with E-state index < -0.39 is 0 Å². The maximum atomic E-state index is 3.25. The van der Waals surface area contributed by atoms with Crippen molar-refractivity contribution in [3.8, 4) is 0 Å². The fourth-order valence-electron chi connectivity index (χ4n) is 0.433. The minimum absolute atomic E-state index is 0.792. The Morgan fingerprint density at radius 2 is 1.36 bits per heavy atom. The van der Waals surface area contributed by atoms with Crippen LogP contribution in [-0.2, 0) is 0 Å². The van der Waals surface area contributed by atoms with E-state index in [1.807, 2.05) is 27.7 Å². The van der Waals surface area contributed by atoms with E-state index in [-0.39, 0.29) is 0 Å². The van der Waals surface area contributed by atoms with Gasteiger partial charge in [-0.1, -0.05) is 48.5 Å². The van der Waals surface area contributed by atoms with Gasteiger partial charge in [-0.05, 0) is 19.0 Å². The maximum absolute atomic E-state index is 3.25. The van der Waals surface area contributed by atoms with Crippen molar-refractivity contribution >= 4 is 0 Å². The highest BCUT2D eigenvalue weighted by atomic mass is 14.8. The Bertz CT molecular complexity index is 33.9. The molecule has 0 rings (SSSR count). The Balaban J connectivity index is -0.000000138. The summed E-state index contributed by atoms with van der Waals surface area (Å²) in [5, 5.41) is 3.25. The smallest absolute Gasteiger partial charge is 0.00259 e. The first-order chi connectivity index (χ1) is 5.27. The van der Waals surface area contributed by atoms with Gasteiger partial charge < -0.3 is 5.32 Å². The van der Waals surface area contributed by atoms with Crippen LogP contribution in [0.15, 0.2) is 0 Å². The fourth-order valence-corrected chi connectivity index (χ4v) is 0.433. The highest BCUT2D eigenvalue weighted by Gasteiger charge is 1.86. The van der Waals surface area contributed by atoms with E-state index >= 15 is 0 Å². The van der Waals surface area contributed by atoms with Crippen LogP contribution >= 0.6 is 0 Å². The highest BCUT2D eigenvalue weighted by molar-refractivity contribution is 4.46. The zero-order valence-electron chi connectivity index (χ0n) is 9.49. The second kappa shape index (κ2) is 22.5. The van der Waals surface area contributed by atoms with Crippen LogP contribution in [0.25, 0.3) is 0 Å². The lowest BCUT2D eigenvalue weighted by Crippen LogP contribution is -2.18. The van der Waals surface area contributed by atoms with Crippen LogP contribution in [0.3, 0.4) is 0 Å². The van der Waals surface area contributed by atoms with Crippen LogP contribution in [0, 0.1) is 5.92 Å². The van der Waals surface area contributed by atoms with Crippen molar-refractivity contribution in [2.45, 2.75) is 48.5 Å². The summed E-state index contributed by atoms with van der Waals surface area (Å²) in [6.45, 7) is 16.8. The molecule has 0 heterocycles. The molecule has 0 aromatic rings. The highest BCUT2D eigenvalue weighted by Crippen LogP contribution is 1.84. The van der Waals surface area contributed by atoms with E-state index in [1.165, 1.54) is 0 Å². The van der Waals surface area contributed by atoms with Crippen LogP contribution in [0.2, 0.25) is 0 Å². The van der Waals surface area contributed by atoms with Crippen molar-refractivity contribution in [1.82, 2.24) is 5.32 Å². The first kappa shape index (κ1) is 17.2. The summed E-state index contributed by atoms with van der Waals surface area (Å²) in [6, 6.07) is 0. The van der Waals surface area contributed by atoms with E-state index in [0.29, 0.717) is 0 Å². The number of nitrogens with one attached hydrogen (secondary N) is 1. The Labute approximate surface area is 73.6 Å². The Kier molecular flexibility index (Phi) is 35.1. The van der Waals surface area contributed by atoms with E-state index in [2.05, 4.69) is 26.1 Å². The van der Waals surface area contributed by atoms with Gasteiger partial charge in [0.2, 0.25) is 0 Å². The molecule has 0 atom stereocenters. The predicted octanol–water partition coefficient (Wildman–Crippen LogP) is 3.30. The second-order valence-electron chi connectivity index (χ2n) is 2.20. The number of hydrogen-bond donors (Lipinski definition) is 1. The monoisotopic (exact) mass is 161 g/mol. The van der Waals surface area contributed by atoms with Gasteiger partial charge in [0, 0.05) is 0 Å². The SMILES string of the molecule is CC.CC.CCNCC(C)C. The quantitative estimate of drug-likeness (QED) is 0.669. The van der Waals surface area contributed by atoms with Gasteiger partial charge in [-0.2, -0.15) is 0 Å². The zero-order valence-corrected chi connectivity index (χ0v) is 9.49. The number of rotatable bonds is 3. The summed E-state index contributed by atoms with van der Waals surface area (Å²) in [5.41, 5.74) is 0. The molecule has 0 saturated heterocycles. The standard InChI is InChI=1S/C6H15N.2C2H6/c1-4-7-5-6(2)3;2*1-2/h6-7H,4-5H2,1-3H3;2*1-2H3. The van der Waals surface area contributed by atoms with Gasteiger partial charge in [-0.15, -0.1) is 0 Å². The molecule has 0 aliphatic carbocycles. The molecule has 0 bridgehead atoms. The predicted molar refractivity (Wildman–Crippen MR) is 56.1 cm³/mol. The average molecular weight is 161 g/mol. The van der Waals surface area contributed by atoms with Crippen molar-refractivity contribution in [3.05, 3.63) is 0 Å². The molecule has 0 aliphatic heterocycles. The molecule has 0 fully saturated rings. The molecule has 0 unspecified atom stereocenters. The molecule has 72 valence electrons. The van der Waals surface area contributed by atoms with Crippen molar-refractivity contribution in [2.75, 3.05) is 13.1 Å². The van der Waals surface area contributed by atoms with Crippen LogP contribution in [0.4, 0.5) is 0 Å². The van der Waals surface area contributed by atoms with Crippen LogP contribution in [0.1, 0.15) is 48.5 Å². The molecule has 1 nitrogen and oxygen atoms in total. The lowest BCUT2D eigenvalue weighted by molar-refractivity contribution is 0.566. The molecule has 0 radical (unpaired) electrons. The average Bonchev–Trinajstić information content (AvgIpc) is 2.08. The summed E-state index contributed by atoms with van der Waals surface area (Å²) in [7, 11) is 0. The summed E-state index contributed by atoms with van der Waals surface area (Å²) < 4.78 is 0. The molecule has 1 heteroatoms. The van der Waals surface area contributed by atoms with Crippen molar-refractivity contribution in [3.63, 3.8) is 0 Å². The van der Waals surface area contributed by atoms with Gasteiger partial charge in [-0.25, -0.2) is 0 Å². The molecule has 0 amide bonds. The molecular weight excluding hydrogens is 134 g/mol. The lowest BCUT2D eigenvalue weighted by Gasteiger charge is -2.01. The van der Waals surface area contributed by atoms with E-state index in [1.54, 1.807) is 0 Å². The van der Waals surface area contributed by atoms with Gasteiger partial charge in [0.05, 0.1) is 0 Å². The van der Waals surface area contributed by atoms with Gasteiger partial charge in [0.1, 0.15) is 0 Å². The molecular formula is C10H27N. The fraction of sp³-hybridized carbons (Fsp3) is 1.00. The Morgan fingerprint density at radius 1 is 1.00 bits per heavy atom. The largest absolute Gasteiger partial charge is 0.317 e. The van der Waals surface area contributed by atoms with Crippen molar-refractivity contribution in [1.29, 1.82) is 0 Å². The molecule has 1 N–H and O–H groups in total. The van der Waals surface area contributed by atoms with Gasteiger partial charge in [0.15, 0.2) is 0 Å². The van der Waals surface area contributed by atoms with E-state index in [4.69, 9.17) is 0 Å². The first-order valence-electron chi connectivity index (χ1n) is 4.98. The Hall–Kier alpha value is -0.0400. The third-order valence-corrected chi connectivity index (χ3v) is 0.803. The summed E-state index contributed by atoms with van der Waals surface area (Å²) in [5.74, 6) is 0.792. The summed E-state index contributed by atoms with van der Waals surface area (Å²) in [4.78, 5) is 0. The maximum Gasteiger partial charge on any atom is -0.00259 e. The lowest BCUT2D eigenvalue weighted by atomic mass is 10.2. The summed E-state index contributed by atoms with van der Waals surface area (Å²) in [6.07, 6.45) is 0. The van der Waals surface area contributed by atoms with Crippen molar-refractivity contribution < 1.29 is 0 Å². The van der Waals surface area contributed by atoms with Gasteiger partial charge in [-0.3, -0.25) is 0 Å². The molecule has 0 aromatic carbocycles. The molecule has 11 heavy (non-hydrogen) atoms. The molecule has 0 spiro atoms. The first-order valence-corrected chi connectivity index (χ1v) is 4.98. The van der Waals surface area contributed by atoms with E-state index in [0.717, 1.165) is 19.0 Å². The van der Waals surface area contributed by atoms with Gasteiger partial charge >= 0.3 is 0 Å². The van der Waals surface area contributed by atoms with Gasteiger partial charge in [0.25, 0.3) is 0 Å². The van der Waals surface area contributed by atoms with Crippen LogP contribution in [0.5, 0.6) is 0 Å². The minimum atomic E-state index is 0.792. The topological polar surface area (TPSA) is 12.0 Å². The minimum Gasteiger partial charge on any atom is -0.317 e.